The lowest BCUT2D eigenvalue weighted by Crippen LogP contribution is -2.27. The van der Waals surface area contributed by atoms with E-state index in [4.69, 9.17) is 0 Å². The number of aromatic nitrogens is 2. The molecule has 1 saturated carbocycles. The lowest BCUT2D eigenvalue weighted by Gasteiger charge is -2.28. The zero-order valence-electron chi connectivity index (χ0n) is 12.6. The summed E-state index contributed by atoms with van der Waals surface area (Å²) in [5.74, 6) is 1.40. The number of rotatable bonds is 6. The van der Waals surface area contributed by atoms with Gasteiger partial charge in [-0.05, 0) is 38.5 Å². The second kappa shape index (κ2) is 7.19. The van der Waals surface area contributed by atoms with Crippen molar-refractivity contribution in [1.82, 2.24) is 9.97 Å². The van der Waals surface area contributed by atoms with E-state index in [9.17, 15) is 10.1 Å². The Morgan fingerprint density at radius 1 is 1.24 bits per heavy atom. The van der Waals surface area contributed by atoms with Crippen molar-refractivity contribution in [1.29, 1.82) is 0 Å². The van der Waals surface area contributed by atoms with Crippen LogP contribution in [0.15, 0.2) is 6.33 Å². The molecule has 0 aliphatic heterocycles. The van der Waals surface area contributed by atoms with Gasteiger partial charge in [0.1, 0.15) is 6.33 Å². The van der Waals surface area contributed by atoms with Crippen LogP contribution in [-0.2, 0) is 0 Å². The van der Waals surface area contributed by atoms with Crippen molar-refractivity contribution in [3.63, 3.8) is 0 Å². The molecule has 21 heavy (non-hydrogen) atoms. The van der Waals surface area contributed by atoms with E-state index >= 15 is 0 Å². The summed E-state index contributed by atoms with van der Waals surface area (Å²) < 4.78 is 0. The Bertz CT molecular complexity index is 486. The smallest absolute Gasteiger partial charge is 0.353 e. The molecule has 2 N–H and O–H groups in total. The highest BCUT2D eigenvalue weighted by Gasteiger charge is 2.26. The molecule has 1 aliphatic rings. The minimum atomic E-state index is -0.419. The van der Waals surface area contributed by atoms with Crippen LogP contribution in [-0.4, -0.2) is 27.5 Å². The third kappa shape index (κ3) is 3.80. The lowest BCUT2D eigenvalue weighted by atomic mass is 9.84. The maximum absolute atomic E-state index is 11.3. The Kier molecular flexibility index (Phi) is 5.30. The summed E-state index contributed by atoms with van der Waals surface area (Å²) in [4.78, 5) is 18.9. The second-order valence-corrected chi connectivity index (χ2v) is 5.48. The van der Waals surface area contributed by atoms with Gasteiger partial charge < -0.3 is 10.6 Å². The van der Waals surface area contributed by atoms with Gasteiger partial charge in [-0.15, -0.1) is 0 Å². The molecule has 1 aliphatic carbocycles. The Hall–Kier alpha value is -1.92. The van der Waals surface area contributed by atoms with E-state index in [0.29, 0.717) is 12.4 Å². The van der Waals surface area contributed by atoms with Gasteiger partial charge in [0.25, 0.3) is 0 Å². The highest BCUT2D eigenvalue weighted by molar-refractivity contribution is 5.69. The van der Waals surface area contributed by atoms with Crippen LogP contribution in [0.2, 0.25) is 0 Å². The molecule has 0 aromatic carbocycles. The zero-order chi connectivity index (χ0) is 15.2. The van der Waals surface area contributed by atoms with Crippen LogP contribution in [0.25, 0.3) is 0 Å². The van der Waals surface area contributed by atoms with Crippen LogP contribution in [0.5, 0.6) is 0 Å². The molecule has 116 valence electrons. The minimum Gasteiger partial charge on any atom is -0.364 e. The molecule has 0 saturated heterocycles. The SMILES string of the molecule is CCNc1ncnc(NC2CCC(CC)CC2)c1[N+](=O)[O-]. The molecule has 0 unspecified atom stereocenters. The summed E-state index contributed by atoms with van der Waals surface area (Å²) >= 11 is 0. The monoisotopic (exact) mass is 293 g/mol. The number of nitro groups is 1. The van der Waals surface area contributed by atoms with Crippen molar-refractivity contribution < 1.29 is 4.92 Å². The van der Waals surface area contributed by atoms with E-state index < -0.39 is 4.92 Å². The Morgan fingerprint density at radius 3 is 2.48 bits per heavy atom. The highest BCUT2D eigenvalue weighted by Crippen LogP contribution is 2.33. The van der Waals surface area contributed by atoms with Gasteiger partial charge >= 0.3 is 5.69 Å². The van der Waals surface area contributed by atoms with Gasteiger partial charge in [0, 0.05) is 12.6 Å². The first-order chi connectivity index (χ1) is 10.2. The van der Waals surface area contributed by atoms with Crippen molar-refractivity contribution in [2.75, 3.05) is 17.2 Å². The van der Waals surface area contributed by atoms with Crippen molar-refractivity contribution in [3.05, 3.63) is 16.4 Å². The Labute approximate surface area is 124 Å². The third-order valence-electron chi connectivity index (χ3n) is 4.11. The van der Waals surface area contributed by atoms with Crippen LogP contribution < -0.4 is 10.6 Å². The lowest BCUT2D eigenvalue weighted by molar-refractivity contribution is -0.383. The zero-order valence-corrected chi connectivity index (χ0v) is 12.6. The molecule has 0 radical (unpaired) electrons. The summed E-state index contributed by atoms with van der Waals surface area (Å²) in [6.07, 6.45) is 7.00. The molecule has 7 nitrogen and oxygen atoms in total. The summed E-state index contributed by atoms with van der Waals surface area (Å²) in [5.41, 5.74) is -0.0584. The van der Waals surface area contributed by atoms with Gasteiger partial charge in [-0.3, -0.25) is 10.1 Å². The normalized spacial score (nSPS) is 21.8. The van der Waals surface area contributed by atoms with Gasteiger partial charge in [-0.1, -0.05) is 13.3 Å². The molecule has 0 spiro atoms. The fourth-order valence-electron chi connectivity index (χ4n) is 2.86. The van der Waals surface area contributed by atoms with Crippen LogP contribution in [0, 0.1) is 16.0 Å². The topological polar surface area (TPSA) is 93.0 Å². The Morgan fingerprint density at radius 2 is 1.90 bits per heavy atom. The van der Waals surface area contributed by atoms with E-state index in [0.717, 1.165) is 18.8 Å². The molecule has 1 heterocycles. The molecule has 1 fully saturated rings. The minimum absolute atomic E-state index is 0.0584. The van der Waals surface area contributed by atoms with Crippen molar-refractivity contribution >= 4 is 17.3 Å². The molecule has 0 bridgehead atoms. The van der Waals surface area contributed by atoms with Gasteiger partial charge in [0.15, 0.2) is 0 Å². The van der Waals surface area contributed by atoms with Gasteiger partial charge in [-0.25, -0.2) is 9.97 Å². The summed E-state index contributed by atoms with van der Waals surface area (Å²) in [7, 11) is 0. The first kappa shape index (κ1) is 15.5. The molecular formula is C14H23N5O2. The third-order valence-corrected chi connectivity index (χ3v) is 4.11. The predicted octanol–water partition coefficient (Wildman–Crippen LogP) is 3.20. The molecule has 0 amide bonds. The quantitative estimate of drug-likeness (QED) is 0.618. The summed E-state index contributed by atoms with van der Waals surface area (Å²) in [6, 6.07) is 0.260. The average molecular weight is 293 g/mol. The van der Waals surface area contributed by atoms with E-state index in [2.05, 4.69) is 27.5 Å². The number of anilines is 2. The maximum atomic E-state index is 11.3. The van der Waals surface area contributed by atoms with E-state index in [-0.39, 0.29) is 17.5 Å². The fourth-order valence-corrected chi connectivity index (χ4v) is 2.86. The largest absolute Gasteiger partial charge is 0.364 e. The maximum Gasteiger partial charge on any atom is 0.353 e. The van der Waals surface area contributed by atoms with Gasteiger partial charge in [0.2, 0.25) is 11.6 Å². The van der Waals surface area contributed by atoms with Crippen molar-refractivity contribution in [3.8, 4) is 0 Å². The fraction of sp³-hybridized carbons (Fsp3) is 0.714. The van der Waals surface area contributed by atoms with Gasteiger partial charge in [0.05, 0.1) is 4.92 Å². The average Bonchev–Trinajstić information content (AvgIpc) is 2.48. The molecule has 1 aromatic heterocycles. The molecule has 1 aromatic rings. The first-order valence-corrected chi connectivity index (χ1v) is 7.65. The number of nitrogens with zero attached hydrogens (tertiary/aromatic N) is 3. The van der Waals surface area contributed by atoms with Crippen LogP contribution in [0.1, 0.15) is 46.0 Å². The van der Waals surface area contributed by atoms with Crippen LogP contribution in [0.3, 0.4) is 0 Å². The van der Waals surface area contributed by atoms with E-state index in [1.165, 1.54) is 25.6 Å². The van der Waals surface area contributed by atoms with Crippen LogP contribution >= 0.6 is 0 Å². The van der Waals surface area contributed by atoms with Crippen molar-refractivity contribution in [2.45, 2.75) is 52.0 Å². The second-order valence-electron chi connectivity index (χ2n) is 5.48. The number of hydrogen-bond donors (Lipinski definition) is 2. The number of nitrogens with one attached hydrogen (secondary N) is 2. The number of hydrogen-bond acceptors (Lipinski definition) is 6. The molecule has 7 heteroatoms. The van der Waals surface area contributed by atoms with Crippen molar-refractivity contribution in [2.24, 2.45) is 5.92 Å². The highest BCUT2D eigenvalue weighted by atomic mass is 16.6. The standard InChI is InChI=1S/C14H23N5O2/c1-3-10-5-7-11(8-6-10)18-14-12(19(20)21)13(15-4-2)16-9-17-14/h9-11H,3-8H2,1-2H3,(H2,15,16,17,18). The molecule has 0 atom stereocenters. The van der Waals surface area contributed by atoms with Gasteiger partial charge in [-0.2, -0.15) is 0 Å². The van der Waals surface area contributed by atoms with Crippen LogP contribution in [0.4, 0.5) is 17.3 Å². The first-order valence-electron chi connectivity index (χ1n) is 7.65. The summed E-state index contributed by atoms with van der Waals surface area (Å²) in [6.45, 7) is 4.68. The van der Waals surface area contributed by atoms with E-state index in [1.54, 1.807) is 0 Å². The molecule has 2 rings (SSSR count). The Balaban J connectivity index is 2.12. The van der Waals surface area contributed by atoms with E-state index in [1.807, 2.05) is 6.92 Å². The molecular weight excluding hydrogens is 270 g/mol. The predicted molar refractivity (Wildman–Crippen MR) is 82.5 cm³/mol. The summed E-state index contributed by atoms with van der Waals surface area (Å²) in [5, 5.41) is 17.5.